The number of rotatable bonds is 12. The van der Waals surface area contributed by atoms with Gasteiger partial charge in [0, 0.05) is 47.2 Å². The molecular weight excluding hydrogens is 611 g/mol. The standard InChI is InChI=1S/C30H32ClFN6O5S/c1-42-23-7-9-24(10-8-23)44(40,41)38-18-22(38)6-11-25-26(32)16-34-17-27(25)35-30(39)29(36-37-33)28(20-12-14-43-15-13-20)19-2-4-21(31)5-3-19/h2-5,7-10,16-17,20,22,28-29H,6,11-15,18H2,1H3,(H,35,39)/t22?,28-,29-,38-/m0/s1. The molecule has 0 saturated carbocycles. The van der Waals surface area contributed by atoms with Crippen LogP contribution < -0.4 is 10.1 Å². The van der Waals surface area contributed by atoms with Gasteiger partial charge >= 0.3 is 0 Å². The van der Waals surface area contributed by atoms with Crippen molar-refractivity contribution in [3.05, 3.63) is 93.3 Å². The van der Waals surface area contributed by atoms with Crippen LogP contribution in [-0.4, -0.2) is 62.6 Å². The molecule has 2 aromatic carbocycles. The minimum absolute atomic E-state index is 0.00946. The number of carbonyl (C=O) groups excluding carboxylic acids is 1. The number of amides is 1. The molecule has 11 nitrogen and oxygen atoms in total. The number of methoxy groups -OCH3 is 1. The summed E-state index contributed by atoms with van der Waals surface area (Å²) in [5, 5.41) is 7.19. The van der Waals surface area contributed by atoms with E-state index in [1.54, 1.807) is 24.3 Å². The predicted octanol–water partition coefficient (Wildman–Crippen LogP) is 5.72. The summed E-state index contributed by atoms with van der Waals surface area (Å²) < 4.78 is 53.2. The van der Waals surface area contributed by atoms with Crippen LogP contribution in [0.3, 0.4) is 0 Å². The second-order valence-electron chi connectivity index (χ2n) is 10.8. The second-order valence-corrected chi connectivity index (χ2v) is 13.1. The zero-order valence-electron chi connectivity index (χ0n) is 24.0. The van der Waals surface area contributed by atoms with E-state index < -0.39 is 33.7 Å². The van der Waals surface area contributed by atoms with Gasteiger partial charge in [0.1, 0.15) is 17.6 Å². The van der Waals surface area contributed by atoms with Crippen molar-refractivity contribution in [2.75, 3.05) is 32.2 Å². The maximum absolute atomic E-state index is 15.1. The number of sulfonamides is 1. The van der Waals surface area contributed by atoms with Gasteiger partial charge in [-0.2, -0.15) is 4.31 Å². The number of azide groups is 1. The molecular formula is C30H32ClFN6O5S. The van der Waals surface area contributed by atoms with Crippen LogP contribution in [0.2, 0.25) is 5.02 Å². The highest BCUT2D eigenvalue weighted by Gasteiger charge is 2.44. The van der Waals surface area contributed by atoms with E-state index in [0.29, 0.717) is 49.8 Å². The summed E-state index contributed by atoms with van der Waals surface area (Å²) in [4.78, 5) is 20.8. The van der Waals surface area contributed by atoms with E-state index in [-0.39, 0.29) is 34.5 Å². The maximum Gasteiger partial charge on any atom is 0.243 e. The highest BCUT2D eigenvalue weighted by atomic mass is 35.5. The molecule has 0 spiro atoms. The van der Waals surface area contributed by atoms with Crippen LogP contribution in [-0.2, 0) is 26.0 Å². The number of anilines is 1. The molecule has 1 unspecified atom stereocenters. The summed E-state index contributed by atoms with van der Waals surface area (Å²) >= 11 is 6.11. The van der Waals surface area contributed by atoms with Crippen LogP contribution >= 0.6 is 11.6 Å². The summed E-state index contributed by atoms with van der Waals surface area (Å²) in [6.45, 7) is 1.34. The Morgan fingerprint density at radius 3 is 2.57 bits per heavy atom. The molecule has 3 aromatic rings. The number of pyridine rings is 1. The number of hydrogen-bond acceptors (Lipinski definition) is 7. The molecule has 1 amide bonds. The van der Waals surface area contributed by atoms with E-state index in [0.717, 1.165) is 11.8 Å². The lowest BCUT2D eigenvalue weighted by atomic mass is 9.76. The van der Waals surface area contributed by atoms with Crippen molar-refractivity contribution in [2.45, 2.75) is 48.6 Å². The number of nitrogens with one attached hydrogen (secondary N) is 1. The molecule has 14 heteroatoms. The zero-order chi connectivity index (χ0) is 31.3. The summed E-state index contributed by atoms with van der Waals surface area (Å²) in [5.41, 5.74) is 10.6. The van der Waals surface area contributed by atoms with Gasteiger partial charge in [0.15, 0.2) is 0 Å². The van der Waals surface area contributed by atoms with Crippen molar-refractivity contribution in [1.82, 2.24) is 9.29 Å². The lowest BCUT2D eigenvalue weighted by Gasteiger charge is -2.34. The van der Waals surface area contributed by atoms with Crippen molar-refractivity contribution < 1.29 is 27.1 Å². The van der Waals surface area contributed by atoms with E-state index in [2.05, 4.69) is 20.3 Å². The molecule has 0 bridgehead atoms. The predicted molar refractivity (Wildman–Crippen MR) is 162 cm³/mol. The minimum Gasteiger partial charge on any atom is -0.497 e. The Bertz CT molecular complexity index is 1630. The van der Waals surface area contributed by atoms with Gasteiger partial charge in [-0.15, -0.1) is 0 Å². The molecule has 1 N–H and O–H groups in total. The zero-order valence-corrected chi connectivity index (χ0v) is 25.5. The van der Waals surface area contributed by atoms with Gasteiger partial charge in [-0.05, 0) is 79.1 Å². The highest BCUT2D eigenvalue weighted by Crippen LogP contribution is 2.38. The first-order chi connectivity index (χ1) is 21.2. The molecule has 44 heavy (non-hydrogen) atoms. The Morgan fingerprint density at radius 1 is 1.20 bits per heavy atom. The Kier molecular flexibility index (Phi) is 10.0. The fourth-order valence-electron chi connectivity index (χ4n) is 5.73. The van der Waals surface area contributed by atoms with Gasteiger partial charge in [-0.3, -0.25) is 9.78 Å². The molecule has 2 aliphatic rings. The molecule has 5 rings (SSSR count). The van der Waals surface area contributed by atoms with Crippen molar-refractivity contribution in [2.24, 2.45) is 11.0 Å². The van der Waals surface area contributed by atoms with E-state index in [1.807, 2.05) is 12.1 Å². The van der Waals surface area contributed by atoms with Crippen molar-refractivity contribution >= 4 is 33.2 Å². The van der Waals surface area contributed by atoms with Gasteiger partial charge in [0.05, 0.1) is 30.1 Å². The van der Waals surface area contributed by atoms with Crippen LogP contribution in [0.4, 0.5) is 10.1 Å². The van der Waals surface area contributed by atoms with Crippen LogP contribution in [0.25, 0.3) is 10.4 Å². The average molecular weight is 643 g/mol. The third-order valence-corrected chi connectivity index (χ3v) is 10.3. The molecule has 1 aromatic heterocycles. The number of aromatic nitrogens is 1. The van der Waals surface area contributed by atoms with E-state index in [1.165, 1.54) is 29.7 Å². The Labute approximate surface area is 260 Å². The number of nitrogens with zero attached hydrogens (tertiary/aromatic N) is 5. The molecule has 2 saturated heterocycles. The largest absolute Gasteiger partial charge is 0.497 e. The van der Waals surface area contributed by atoms with Crippen LogP contribution in [0, 0.1) is 11.7 Å². The third-order valence-electron chi connectivity index (χ3n) is 8.13. The number of ether oxygens (including phenoxy) is 2. The Morgan fingerprint density at radius 2 is 1.91 bits per heavy atom. The van der Waals surface area contributed by atoms with E-state index >= 15 is 4.39 Å². The first-order valence-corrected chi connectivity index (χ1v) is 16.0. The summed E-state index contributed by atoms with van der Waals surface area (Å²) in [7, 11) is -2.21. The Hall–Kier alpha value is -3.74. The van der Waals surface area contributed by atoms with E-state index in [4.69, 9.17) is 21.1 Å². The quantitative estimate of drug-likeness (QED) is 0.116. The van der Waals surface area contributed by atoms with Gasteiger partial charge in [-0.25, -0.2) is 12.8 Å². The number of halogens is 2. The molecule has 0 aliphatic carbocycles. The van der Waals surface area contributed by atoms with Crippen molar-refractivity contribution in [1.29, 1.82) is 0 Å². The van der Waals surface area contributed by atoms with Gasteiger partial charge in [0.25, 0.3) is 0 Å². The first-order valence-electron chi connectivity index (χ1n) is 14.2. The molecule has 2 fully saturated rings. The molecule has 4 atom stereocenters. The number of benzene rings is 2. The Balaban J connectivity index is 1.32. The summed E-state index contributed by atoms with van der Waals surface area (Å²) in [6.07, 6.45) is 4.20. The minimum atomic E-state index is -3.71. The lowest BCUT2D eigenvalue weighted by molar-refractivity contribution is -0.118. The smallest absolute Gasteiger partial charge is 0.243 e. The number of hydrogen-bond donors (Lipinski definition) is 1. The van der Waals surface area contributed by atoms with Crippen LogP contribution in [0.1, 0.15) is 36.3 Å². The third kappa shape index (κ3) is 7.14. The summed E-state index contributed by atoms with van der Waals surface area (Å²) in [5.74, 6) is -1.17. The van der Waals surface area contributed by atoms with Gasteiger partial charge in [-0.1, -0.05) is 28.8 Å². The molecule has 0 radical (unpaired) electrons. The van der Waals surface area contributed by atoms with Crippen molar-refractivity contribution in [3.8, 4) is 5.75 Å². The fraction of sp³-hybridized carbons (Fsp3) is 0.400. The SMILES string of the molecule is COc1ccc(S(=O)(=O)[N@@]2CC2CCc2c(F)cncc2NC(=O)[C@@H](N=[N+]=[N-])[C@@H](c2ccc(Cl)cc2)C2CCOCC2)cc1. The second kappa shape index (κ2) is 13.9. The van der Waals surface area contributed by atoms with Gasteiger partial charge in [0.2, 0.25) is 15.9 Å². The average Bonchev–Trinajstić information content (AvgIpc) is 3.83. The van der Waals surface area contributed by atoms with Crippen LogP contribution in [0.5, 0.6) is 5.75 Å². The van der Waals surface area contributed by atoms with E-state index in [9.17, 15) is 18.7 Å². The van der Waals surface area contributed by atoms with Crippen LogP contribution in [0.15, 0.2) is 70.9 Å². The molecule has 2 aliphatic heterocycles. The van der Waals surface area contributed by atoms with Gasteiger partial charge < -0.3 is 14.8 Å². The fourth-order valence-corrected chi connectivity index (χ4v) is 7.47. The lowest BCUT2D eigenvalue weighted by Crippen LogP contribution is -2.37. The molecule has 3 heterocycles. The van der Waals surface area contributed by atoms with Crippen molar-refractivity contribution in [3.63, 3.8) is 0 Å². The summed E-state index contributed by atoms with van der Waals surface area (Å²) in [6, 6.07) is 11.7. The monoisotopic (exact) mass is 642 g/mol. The molecule has 232 valence electrons. The topological polar surface area (TPSA) is 146 Å². The normalized spacial score (nSPS) is 19.8. The number of carbonyl (C=O) groups is 1. The first kappa shape index (κ1) is 31.7. The maximum atomic E-state index is 15.1. The highest BCUT2D eigenvalue weighted by molar-refractivity contribution is 7.89.